The number of hydrogen-bond donors (Lipinski definition) is 0. The van der Waals surface area contributed by atoms with Gasteiger partial charge in [0.05, 0.1) is 0 Å². The van der Waals surface area contributed by atoms with Crippen LogP contribution in [-0.4, -0.2) is 0 Å². The van der Waals surface area contributed by atoms with E-state index in [9.17, 15) is 0 Å². The van der Waals surface area contributed by atoms with Crippen LogP contribution in [0.1, 0.15) is 25.7 Å². The second kappa shape index (κ2) is 6.66. The predicted octanol–water partition coefficient (Wildman–Crippen LogP) is 3.79. The highest BCUT2D eigenvalue weighted by atomic mass is 13.8. The van der Waals surface area contributed by atoms with Crippen LogP contribution in [0.15, 0.2) is 48.6 Å². The molecule has 0 radical (unpaired) electrons. The Kier molecular flexibility index (Phi) is 5.02. The molecule has 0 spiro atoms. The summed E-state index contributed by atoms with van der Waals surface area (Å²) in [5.41, 5.74) is 0. The third-order valence-corrected chi connectivity index (χ3v) is 1.76. The Hall–Kier alpha value is -1.04. The van der Waals surface area contributed by atoms with Crippen molar-refractivity contribution in [2.75, 3.05) is 0 Å². The van der Waals surface area contributed by atoms with Crippen molar-refractivity contribution >= 4 is 0 Å². The number of hydrogen-bond acceptors (Lipinski definition) is 0. The lowest BCUT2D eigenvalue weighted by atomic mass is 10.2. The molecule has 0 aliphatic heterocycles. The molecule has 1 aliphatic carbocycles. The summed E-state index contributed by atoms with van der Waals surface area (Å²) in [7, 11) is 0. The van der Waals surface area contributed by atoms with E-state index < -0.39 is 0 Å². The molecule has 0 bridgehead atoms. The molecular weight excluding hydrogens is 144 g/mol. The Morgan fingerprint density at radius 3 is 2.00 bits per heavy atom. The van der Waals surface area contributed by atoms with Crippen LogP contribution in [0, 0.1) is 0 Å². The van der Waals surface area contributed by atoms with E-state index in [-0.39, 0.29) is 0 Å². The van der Waals surface area contributed by atoms with Gasteiger partial charge in [0.2, 0.25) is 0 Å². The molecule has 0 aromatic rings. The third-order valence-electron chi connectivity index (χ3n) is 1.76. The Morgan fingerprint density at radius 1 is 0.500 bits per heavy atom. The fourth-order valence-corrected chi connectivity index (χ4v) is 1.09. The van der Waals surface area contributed by atoms with Gasteiger partial charge in [0.25, 0.3) is 0 Å². The van der Waals surface area contributed by atoms with Crippen LogP contribution >= 0.6 is 0 Å². The average Bonchev–Trinajstić information content (AvgIpc) is 2.05. The van der Waals surface area contributed by atoms with Gasteiger partial charge in [0, 0.05) is 0 Å². The van der Waals surface area contributed by atoms with Crippen molar-refractivity contribution in [3.63, 3.8) is 0 Å². The van der Waals surface area contributed by atoms with E-state index in [0.717, 1.165) is 25.7 Å². The molecule has 0 heteroatoms. The van der Waals surface area contributed by atoms with Crippen molar-refractivity contribution in [3.05, 3.63) is 48.6 Å². The molecule has 1 rings (SSSR count). The summed E-state index contributed by atoms with van der Waals surface area (Å²) >= 11 is 0. The minimum Gasteiger partial charge on any atom is -0.0879 e. The van der Waals surface area contributed by atoms with Crippen molar-refractivity contribution in [2.24, 2.45) is 0 Å². The summed E-state index contributed by atoms with van der Waals surface area (Å²) in [6.07, 6.45) is 22.0. The quantitative estimate of drug-likeness (QED) is 0.473. The zero-order valence-electron chi connectivity index (χ0n) is 7.45. The minimum absolute atomic E-state index is 1.05. The molecular formula is C12H16. The maximum atomic E-state index is 2.25. The van der Waals surface area contributed by atoms with Crippen LogP contribution in [0.3, 0.4) is 0 Å². The van der Waals surface area contributed by atoms with Gasteiger partial charge in [-0.3, -0.25) is 0 Å². The second-order valence-electron chi connectivity index (χ2n) is 2.85. The third kappa shape index (κ3) is 4.73. The molecule has 0 aromatic heterocycles. The van der Waals surface area contributed by atoms with Crippen molar-refractivity contribution in [1.82, 2.24) is 0 Å². The van der Waals surface area contributed by atoms with E-state index in [1.54, 1.807) is 0 Å². The van der Waals surface area contributed by atoms with Crippen LogP contribution in [0.2, 0.25) is 0 Å². The monoisotopic (exact) mass is 160 g/mol. The maximum Gasteiger partial charge on any atom is -0.0166 e. The Balaban J connectivity index is 2.41. The average molecular weight is 160 g/mol. The molecule has 0 fully saturated rings. The summed E-state index contributed by atoms with van der Waals surface area (Å²) in [4.78, 5) is 0. The van der Waals surface area contributed by atoms with Gasteiger partial charge in [-0.25, -0.2) is 0 Å². The molecule has 0 heterocycles. The standard InChI is InChI=1S/C12H16/c1-2-4-6-8-10-12-11-9-7-5-3-1/h1-4,7,9-10,12H,5-6,8,11H2/b3-1?,4-2?,9-7-,12-10+. The lowest BCUT2D eigenvalue weighted by Crippen LogP contribution is -1.67. The first-order valence-corrected chi connectivity index (χ1v) is 4.62. The highest BCUT2D eigenvalue weighted by Gasteiger charge is 1.77. The van der Waals surface area contributed by atoms with Crippen LogP contribution in [0.4, 0.5) is 0 Å². The molecule has 0 saturated carbocycles. The molecule has 0 N–H and O–H groups in total. The Morgan fingerprint density at radius 2 is 1.08 bits per heavy atom. The van der Waals surface area contributed by atoms with Crippen molar-refractivity contribution in [2.45, 2.75) is 25.7 Å². The van der Waals surface area contributed by atoms with Gasteiger partial charge in [0.15, 0.2) is 0 Å². The first kappa shape index (κ1) is 9.05. The SMILES string of the molecule is C1=CC/C=C\C/C=C/CCC=C1. The molecule has 0 atom stereocenters. The topological polar surface area (TPSA) is 0 Å². The summed E-state index contributed by atoms with van der Waals surface area (Å²) in [6, 6.07) is 0. The van der Waals surface area contributed by atoms with Crippen LogP contribution in [-0.2, 0) is 0 Å². The van der Waals surface area contributed by atoms with Gasteiger partial charge in [-0.15, -0.1) is 0 Å². The van der Waals surface area contributed by atoms with Crippen LogP contribution < -0.4 is 0 Å². The van der Waals surface area contributed by atoms with E-state index in [4.69, 9.17) is 0 Å². The van der Waals surface area contributed by atoms with Gasteiger partial charge in [0.1, 0.15) is 0 Å². The molecule has 64 valence electrons. The Bertz CT molecular complexity index is 204. The zero-order valence-corrected chi connectivity index (χ0v) is 7.45. The minimum atomic E-state index is 1.05. The van der Waals surface area contributed by atoms with Gasteiger partial charge in [-0.05, 0) is 25.7 Å². The Labute approximate surface area is 75.0 Å². The first-order valence-electron chi connectivity index (χ1n) is 4.62. The summed E-state index contributed by atoms with van der Waals surface area (Å²) in [5.74, 6) is 0. The van der Waals surface area contributed by atoms with E-state index in [0.29, 0.717) is 0 Å². The lowest BCUT2D eigenvalue weighted by Gasteiger charge is -1.88. The van der Waals surface area contributed by atoms with Crippen molar-refractivity contribution in [1.29, 1.82) is 0 Å². The normalized spacial score (nSPS) is 24.0. The molecule has 0 amide bonds. The van der Waals surface area contributed by atoms with E-state index in [1.807, 2.05) is 0 Å². The molecule has 1 aliphatic rings. The van der Waals surface area contributed by atoms with Gasteiger partial charge in [-0.1, -0.05) is 48.6 Å². The van der Waals surface area contributed by atoms with E-state index in [1.165, 1.54) is 0 Å². The fraction of sp³-hybridized carbons (Fsp3) is 0.333. The van der Waals surface area contributed by atoms with Crippen LogP contribution in [0.5, 0.6) is 0 Å². The number of rotatable bonds is 0. The number of allylic oxidation sites excluding steroid dienone is 8. The largest absolute Gasteiger partial charge is 0.0879 e. The summed E-state index contributed by atoms with van der Waals surface area (Å²) in [6.45, 7) is 0. The van der Waals surface area contributed by atoms with E-state index in [2.05, 4.69) is 48.6 Å². The predicted molar refractivity (Wildman–Crippen MR) is 55.0 cm³/mol. The molecule has 0 nitrogen and oxygen atoms in total. The van der Waals surface area contributed by atoms with E-state index >= 15 is 0 Å². The fourth-order valence-electron chi connectivity index (χ4n) is 1.09. The smallest absolute Gasteiger partial charge is 0.0166 e. The highest BCUT2D eigenvalue weighted by Crippen LogP contribution is 1.98. The van der Waals surface area contributed by atoms with Crippen LogP contribution in [0.25, 0.3) is 0 Å². The second-order valence-corrected chi connectivity index (χ2v) is 2.85. The maximum absolute atomic E-state index is 2.25. The van der Waals surface area contributed by atoms with Crippen molar-refractivity contribution in [3.8, 4) is 0 Å². The summed E-state index contributed by atoms with van der Waals surface area (Å²) in [5, 5.41) is 0. The van der Waals surface area contributed by atoms with Gasteiger partial charge in [-0.2, -0.15) is 0 Å². The first-order chi connectivity index (χ1) is 6.00. The van der Waals surface area contributed by atoms with Gasteiger partial charge >= 0.3 is 0 Å². The molecule has 0 unspecified atom stereocenters. The lowest BCUT2D eigenvalue weighted by molar-refractivity contribution is 1.04. The van der Waals surface area contributed by atoms with Crippen molar-refractivity contribution < 1.29 is 0 Å². The zero-order chi connectivity index (χ0) is 8.49. The molecule has 12 heavy (non-hydrogen) atoms. The summed E-state index contributed by atoms with van der Waals surface area (Å²) < 4.78 is 0. The van der Waals surface area contributed by atoms with Gasteiger partial charge < -0.3 is 0 Å². The molecule has 0 aromatic carbocycles. The highest BCUT2D eigenvalue weighted by molar-refractivity contribution is 5.06. The molecule has 0 saturated heterocycles.